The number of rotatable bonds is 3. The number of nitrogen functional groups attached to an aromatic ring is 1. The second kappa shape index (κ2) is 4.80. The first-order valence-electron chi connectivity index (χ1n) is 6.35. The summed E-state index contributed by atoms with van der Waals surface area (Å²) in [6, 6.07) is 1.77. The summed E-state index contributed by atoms with van der Waals surface area (Å²) in [6.45, 7) is 3.91. The Morgan fingerprint density at radius 2 is 2.05 bits per heavy atom. The number of aromatic nitrogens is 4. The molecule has 20 heavy (non-hydrogen) atoms. The SMILES string of the molecule is CC(C)Oc1nccn2c(-c3cnccc3N)cnc12. The van der Waals surface area contributed by atoms with Crippen molar-refractivity contribution in [2.45, 2.75) is 20.0 Å². The van der Waals surface area contributed by atoms with Crippen molar-refractivity contribution in [3.8, 4) is 17.1 Å². The van der Waals surface area contributed by atoms with Gasteiger partial charge in [0.2, 0.25) is 5.65 Å². The van der Waals surface area contributed by atoms with Crippen molar-refractivity contribution in [2.75, 3.05) is 5.73 Å². The number of fused-ring (bicyclic) bond motifs is 1. The molecular weight excluding hydrogens is 254 g/mol. The molecule has 0 spiro atoms. The van der Waals surface area contributed by atoms with Crippen LogP contribution in [0, 0.1) is 0 Å². The minimum atomic E-state index is 0.0392. The quantitative estimate of drug-likeness (QED) is 0.788. The number of hydrogen-bond donors (Lipinski definition) is 1. The summed E-state index contributed by atoms with van der Waals surface area (Å²) in [5.41, 5.74) is 9.01. The molecule has 0 amide bonds. The molecule has 6 heteroatoms. The molecule has 2 N–H and O–H groups in total. The van der Waals surface area contributed by atoms with Gasteiger partial charge >= 0.3 is 0 Å². The first kappa shape index (κ1) is 12.4. The van der Waals surface area contributed by atoms with E-state index in [0.29, 0.717) is 17.2 Å². The van der Waals surface area contributed by atoms with Crippen molar-refractivity contribution in [1.82, 2.24) is 19.4 Å². The van der Waals surface area contributed by atoms with Crippen LogP contribution in [0.3, 0.4) is 0 Å². The molecular formula is C14H15N5O. The van der Waals surface area contributed by atoms with Crippen LogP contribution in [0.15, 0.2) is 37.1 Å². The van der Waals surface area contributed by atoms with Crippen molar-refractivity contribution < 1.29 is 4.74 Å². The third kappa shape index (κ3) is 2.05. The van der Waals surface area contributed by atoms with E-state index in [9.17, 15) is 0 Å². The van der Waals surface area contributed by atoms with Crippen LogP contribution in [-0.2, 0) is 0 Å². The highest BCUT2D eigenvalue weighted by atomic mass is 16.5. The molecule has 0 saturated carbocycles. The van der Waals surface area contributed by atoms with Gasteiger partial charge in [-0.2, -0.15) is 0 Å². The molecule has 102 valence electrons. The lowest BCUT2D eigenvalue weighted by molar-refractivity contribution is 0.234. The van der Waals surface area contributed by atoms with Gasteiger partial charge in [-0.05, 0) is 19.9 Å². The Labute approximate surface area is 116 Å². The third-order valence-corrected chi connectivity index (χ3v) is 2.87. The number of pyridine rings is 1. The molecule has 0 unspecified atom stereocenters. The van der Waals surface area contributed by atoms with Crippen LogP contribution in [-0.4, -0.2) is 25.5 Å². The lowest BCUT2D eigenvalue weighted by Crippen LogP contribution is -2.08. The summed E-state index contributed by atoms with van der Waals surface area (Å²) < 4.78 is 7.57. The minimum Gasteiger partial charge on any atom is -0.472 e. The summed E-state index contributed by atoms with van der Waals surface area (Å²) in [7, 11) is 0. The van der Waals surface area contributed by atoms with Gasteiger partial charge in [0, 0.05) is 36.0 Å². The van der Waals surface area contributed by atoms with Gasteiger partial charge in [-0.3, -0.25) is 9.38 Å². The number of nitrogens with two attached hydrogens (primary N) is 1. The zero-order valence-electron chi connectivity index (χ0n) is 11.3. The Kier molecular flexibility index (Phi) is 2.98. The number of anilines is 1. The molecule has 3 rings (SSSR count). The average molecular weight is 269 g/mol. The Morgan fingerprint density at radius 1 is 1.20 bits per heavy atom. The van der Waals surface area contributed by atoms with Crippen molar-refractivity contribution in [3.63, 3.8) is 0 Å². The largest absolute Gasteiger partial charge is 0.472 e. The predicted molar refractivity (Wildman–Crippen MR) is 76.4 cm³/mol. The standard InChI is InChI=1S/C14H15N5O/c1-9(2)20-14-13-18-8-12(19(13)6-5-17-14)10-7-16-4-3-11(10)15/h3-9H,1-2H3,(H2,15,16). The third-order valence-electron chi connectivity index (χ3n) is 2.87. The highest BCUT2D eigenvalue weighted by Gasteiger charge is 2.13. The fourth-order valence-corrected chi connectivity index (χ4v) is 2.02. The van der Waals surface area contributed by atoms with Gasteiger partial charge in [0.1, 0.15) is 0 Å². The Hall–Kier alpha value is -2.63. The Morgan fingerprint density at radius 3 is 2.80 bits per heavy atom. The van der Waals surface area contributed by atoms with E-state index in [0.717, 1.165) is 11.3 Å². The number of ether oxygens (including phenoxy) is 1. The maximum Gasteiger partial charge on any atom is 0.258 e. The van der Waals surface area contributed by atoms with Gasteiger partial charge in [-0.1, -0.05) is 0 Å². The molecule has 3 aromatic rings. The average Bonchev–Trinajstić information content (AvgIpc) is 2.84. The molecule has 3 aromatic heterocycles. The van der Waals surface area contributed by atoms with E-state index in [1.807, 2.05) is 24.4 Å². The van der Waals surface area contributed by atoms with Crippen LogP contribution >= 0.6 is 0 Å². The summed E-state index contributed by atoms with van der Waals surface area (Å²) in [6.07, 6.45) is 8.69. The van der Waals surface area contributed by atoms with Gasteiger partial charge in [-0.15, -0.1) is 0 Å². The summed E-state index contributed by atoms with van der Waals surface area (Å²) >= 11 is 0. The van der Waals surface area contributed by atoms with E-state index < -0.39 is 0 Å². The molecule has 0 aliphatic heterocycles. The molecule has 6 nitrogen and oxygen atoms in total. The molecule has 0 atom stereocenters. The number of imidazole rings is 1. The maximum absolute atomic E-state index is 5.99. The molecule has 3 heterocycles. The van der Waals surface area contributed by atoms with Crippen LogP contribution in [0.2, 0.25) is 0 Å². The van der Waals surface area contributed by atoms with E-state index >= 15 is 0 Å². The molecule has 0 aliphatic carbocycles. The predicted octanol–water partition coefficient (Wildman–Crippen LogP) is 2.16. The minimum absolute atomic E-state index is 0.0392. The molecule has 0 bridgehead atoms. The highest BCUT2D eigenvalue weighted by Crippen LogP contribution is 2.27. The Balaban J connectivity index is 2.18. The second-order valence-corrected chi connectivity index (χ2v) is 4.70. The van der Waals surface area contributed by atoms with E-state index in [1.54, 1.807) is 30.9 Å². The number of hydrogen-bond acceptors (Lipinski definition) is 5. The monoisotopic (exact) mass is 269 g/mol. The molecule has 0 aromatic carbocycles. The van der Waals surface area contributed by atoms with Crippen molar-refractivity contribution in [2.24, 2.45) is 0 Å². The number of nitrogens with zero attached hydrogens (tertiary/aromatic N) is 4. The normalized spacial score (nSPS) is 11.2. The lowest BCUT2D eigenvalue weighted by Gasteiger charge is -2.10. The van der Waals surface area contributed by atoms with Gasteiger partial charge < -0.3 is 10.5 Å². The van der Waals surface area contributed by atoms with E-state index in [4.69, 9.17) is 10.5 Å². The van der Waals surface area contributed by atoms with E-state index in [-0.39, 0.29) is 6.10 Å². The van der Waals surface area contributed by atoms with Crippen molar-refractivity contribution >= 4 is 11.3 Å². The van der Waals surface area contributed by atoms with Crippen LogP contribution in [0.25, 0.3) is 16.9 Å². The summed E-state index contributed by atoms with van der Waals surface area (Å²) in [4.78, 5) is 12.7. The van der Waals surface area contributed by atoms with Gasteiger partial charge in [0.25, 0.3) is 5.88 Å². The fraction of sp³-hybridized carbons (Fsp3) is 0.214. The molecule has 0 radical (unpaired) electrons. The maximum atomic E-state index is 5.99. The molecule has 0 aliphatic rings. The van der Waals surface area contributed by atoms with Gasteiger partial charge in [-0.25, -0.2) is 9.97 Å². The zero-order valence-corrected chi connectivity index (χ0v) is 11.3. The smallest absolute Gasteiger partial charge is 0.258 e. The summed E-state index contributed by atoms with van der Waals surface area (Å²) in [5.74, 6) is 0.510. The Bertz CT molecular complexity index is 750. The fourth-order valence-electron chi connectivity index (χ4n) is 2.02. The second-order valence-electron chi connectivity index (χ2n) is 4.70. The van der Waals surface area contributed by atoms with Crippen LogP contribution < -0.4 is 10.5 Å². The lowest BCUT2D eigenvalue weighted by atomic mass is 10.2. The van der Waals surface area contributed by atoms with E-state index in [1.165, 1.54) is 0 Å². The first-order chi connectivity index (χ1) is 9.66. The van der Waals surface area contributed by atoms with Crippen LogP contribution in [0.4, 0.5) is 5.69 Å². The van der Waals surface area contributed by atoms with Crippen LogP contribution in [0.1, 0.15) is 13.8 Å². The van der Waals surface area contributed by atoms with Crippen molar-refractivity contribution in [3.05, 3.63) is 37.1 Å². The molecule has 0 saturated heterocycles. The van der Waals surface area contributed by atoms with Gasteiger partial charge in [0.05, 0.1) is 18.0 Å². The van der Waals surface area contributed by atoms with Gasteiger partial charge in [0.15, 0.2) is 0 Å². The molecule has 0 fully saturated rings. The first-order valence-corrected chi connectivity index (χ1v) is 6.35. The summed E-state index contributed by atoms with van der Waals surface area (Å²) in [5, 5.41) is 0. The van der Waals surface area contributed by atoms with Crippen LogP contribution in [0.5, 0.6) is 5.88 Å². The van der Waals surface area contributed by atoms with Crippen molar-refractivity contribution in [1.29, 1.82) is 0 Å². The zero-order chi connectivity index (χ0) is 14.1. The topological polar surface area (TPSA) is 78.3 Å². The highest BCUT2D eigenvalue weighted by molar-refractivity contribution is 5.75. The van der Waals surface area contributed by atoms with E-state index in [2.05, 4.69) is 15.0 Å².